The van der Waals surface area contributed by atoms with Gasteiger partial charge in [0.1, 0.15) is 24.2 Å². The first-order valence-electron chi connectivity index (χ1n) is 19.9. The van der Waals surface area contributed by atoms with Crippen molar-refractivity contribution in [3.8, 4) is 11.5 Å². The molecule has 0 radical (unpaired) electrons. The van der Waals surface area contributed by atoms with Crippen LogP contribution in [0.1, 0.15) is 64.0 Å². The number of aromatic hydroxyl groups is 1. The molecule has 4 aromatic carbocycles. The predicted molar refractivity (Wildman–Crippen MR) is 220 cm³/mol. The molecule has 3 aliphatic heterocycles. The zero-order valence-electron chi connectivity index (χ0n) is 32.6. The Morgan fingerprint density at radius 3 is 2.42 bits per heavy atom. The number of H-pyrrole nitrogens is 1. The smallest absolute Gasteiger partial charge is 0.408 e. The number of nitrogens with zero attached hydrogens (tertiary/aromatic N) is 1. The highest BCUT2D eigenvalue weighted by Crippen LogP contribution is 2.31. The minimum absolute atomic E-state index is 0.0791. The summed E-state index contributed by atoms with van der Waals surface area (Å²) in [7, 11) is 0. The number of aliphatic hydroxyl groups excluding tert-OH is 1. The highest BCUT2D eigenvalue weighted by Gasteiger charge is 2.37. The number of benzene rings is 4. The highest BCUT2D eigenvalue weighted by molar-refractivity contribution is 5.91. The summed E-state index contributed by atoms with van der Waals surface area (Å²) in [6, 6.07) is 29.5. The molecule has 3 fully saturated rings. The maximum atomic E-state index is 13.2. The Morgan fingerprint density at radius 1 is 0.881 bits per heavy atom. The van der Waals surface area contributed by atoms with Crippen LogP contribution in [-0.2, 0) is 20.9 Å². The van der Waals surface area contributed by atoms with E-state index in [0.717, 1.165) is 49.2 Å². The molecule has 1 aromatic heterocycles. The first-order chi connectivity index (χ1) is 28.7. The number of esters is 1. The zero-order valence-corrected chi connectivity index (χ0v) is 32.6. The van der Waals surface area contributed by atoms with Gasteiger partial charge in [-0.05, 0) is 103 Å². The Morgan fingerprint density at radius 2 is 1.66 bits per heavy atom. The molecule has 2 bridgehead atoms. The average molecular weight is 804 g/mol. The molecule has 14 nitrogen and oxygen atoms in total. The van der Waals surface area contributed by atoms with Gasteiger partial charge in [-0.25, -0.2) is 9.59 Å². The Hall–Kier alpha value is -6.22. The number of phenolic OH excluding ortho intramolecular Hbond substituents is 1. The van der Waals surface area contributed by atoms with E-state index in [4.69, 9.17) is 14.2 Å². The first-order valence-corrected chi connectivity index (χ1v) is 19.9. The van der Waals surface area contributed by atoms with E-state index in [1.54, 1.807) is 36.4 Å². The number of pyridine rings is 1. The van der Waals surface area contributed by atoms with Crippen molar-refractivity contribution in [2.45, 2.75) is 44.1 Å². The van der Waals surface area contributed by atoms with Gasteiger partial charge < -0.3 is 45.4 Å². The van der Waals surface area contributed by atoms with Crippen molar-refractivity contribution in [1.29, 1.82) is 0 Å². The van der Waals surface area contributed by atoms with E-state index in [1.807, 2.05) is 54.6 Å². The van der Waals surface area contributed by atoms with Crippen LogP contribution < -0.4 is 26.2 Å². The van der Waals surface area contributed by atoms with Gasteiger partial charge in [0.2, 0.25) is 5.56 Å². The maximum Gasteiger partial charge on any atom is 0.408 e. The highest BCUT2D eigenvalue weighted by atomic mass is 16.6. The number of fused-ring (bicyclic) bond motifs is 4. The molecule has 3 saturated heterocycles. The van der Waals surface area contributed by atoms with E-state index in [-0.39, 0.29) is 36.1 Å². The van der Waals surface area contributed by atoms with Gasteiger partial charge in [0.05, 0.1) is 23.2 Å². The Kier molecular flexibility index (Phi) is 13.5. The third-order valence-electron chi connectivity index (χ3n) is 10.8. The number of carbonyl (C=O) groups is 3. The number of rotatable bonds is 17. The predicted octanol–water partition coefficient (Wildman–Crippen LogP) is 4.71. The van der Waals surface area contributed by atoms with Crippen LogP contribution in [0.25, 0.3) is 10.9 Å². The van der Waals surface area contributed by atoms with Crippen molar-refractivity contribution in [3.63, 3.8) is 0 Å². The van der Waals surface area contributed by atoms with Crippen molar-refractivity contribution in [2.75, 3.05) is 45.9 Å². The minimum Gasteiger partial charge on any atom is -0.506 e. The summed E-state index contributed by atoms with van der Waals surface area (Å²) in [6.45, 7) is 3.75. The van der Waals surface area contributed by atoms with Gasteiger partial charge in [-0.2, -0.15) is 0 Å². The molecule has 59 heavy (non-hydrogen) atoms. The van der Waals surface area contributed by atoms with Gasteiger partial charge in [0.15, 0.2) is 6.61 Å². The summed E-state index contributed by atoms with van der Waals surface area (Å²) >= 11 is 0. The van der Waals surface area contributed by atoms with Gasteiger partial charge in [-0.1, -0.05) is 60.7 Å². The van der Waals surface area contributed by atoms with Crippen LogP contribution in [0.3, 0.4) is 0 Å². The summed E-state index contributed by atoms with van der Waals surface area (Å²) in [4.78, 5) is 54.8. The number of aromatic nitrogens is 1. The Bertz CT molecular complexity index is 2280. The Labute approximate surface area is 341 Å². The molecule has 3 unspecified atom stereocenters. The maximum absolute atomic E-state index is 13.2. The number of nitrogens with one attached hydrogen (secondary N) is 4. The van der Waals surface area contributed by atoms with E-state index in [1.165, 1.54) is 12.1 Å². The lowest BCUT2D eigenvalue weighted by molar-refractivity contribution is -0.124. The van der Waals surface area contributed by atoms with Gasteiger partial charge in [0, 0.05) is 31.1 Å². The van der Waals surface area contributed by atoms with Gasteiger partial charge in [-0.15, -0.1) is 0 Å². The SMILES string of the molecule is O=C(COC(=O)c1ccc(COc2cccc(C(NC(=O)OC3CN4CCC3CC4)c3ccccc3)c2)cc1)NCCCNCC(O)c1ccc(O)c2[nH]c(=O)ccc12. The first kappa shape index (κ1) is 41.0. The number of alkyl carbamates (subject to hydrolysis) is 1. The van der Waals surface area contributed by atoms with Gasteiger partial charge >= 0.3 is 12.1 Å². The second kappa shape index (κ2) is 19.5. The molecule has 5 aromatic rings. The van der Waals surface area contributed by atoms with Crippen molar-refractivity contribution >= 4 is 28.9 Å². The summed E-state index contributed by atoms with van der Waals surface area (Å²) in [5.74, 6) is -0.131. The number of amides is 2. The molecular weight excluding hydrogens is 755 g/mol. The number of aliphatic hydroxyl groups is 1. The second-order valence-corrected chi connectivity index (χ2v) is 14.9. The molecule has 3 atom stereocenters. The number of hydrogen-bond acceptors (Lipinski definition) is 11. The lowest BCUT2D eigenvalue weighted by atomic mass is 9.86. The number of carbonyl (C=O) groups excluding carboxylic acids is 3. The zero-order chi connectivity index (χ0) is 41.1. The number of ether oxygens (including phenoxy) is 3. The fourth-order valence-electron chi connectivity index (χ4n) is 7.63. The summed E-state index contributed by atoms with van der Waals surface area (Å²) in [6.07, 6.45) is 1.23. The molecule has 0 aliphatic carbocycles. The molecular formula is C45H49N5O9. The monoisotopic (exact) mass is 803 g/mol. The minimum atomic E-state index is -0.892. The van der Waals surface area contributed by atoms with Crippen LogP contribution in [0.15, 0.2) is 108 Å². The number of hydrogen-bond donors (Lipinski definition) is 6. The quantitative estimate of drug-likeness (QED) is 0.0564. The number of phenols is 1. The van der Waals surface area contributed by atoms with Crippen LogP contribution in [0.2, 0.25) is 0 Å². The van der Waals surface area contributed by atoms with Crippen LogP contribution in [0.5, 0.6) is 11.5 Å². The van der Waals surface area contributed by atoms with Crippen molar-refractivity contribution in [1.82, 2.24) is 25.8 Å². The molecule has 8 rings (SSSR count). The molecule has 6 N–H and O–H groups in total. The fourth-order valence-corrected chi connectivity index (χ4v) is 7.63. The standard InChI is InChI=1S/C45H49N5O9/c51-37-16-14-35(36-15-17-40(53)48-43(36)37)38(52)25-46-20-5-21-47-41(54)28-58-44(55)32-12-10-29(11-13-32)27-57-34-9-4-8-33(24-34)42(31-6-2-1-3-7-31)49-45(56)59-39-26-50-22-18-30(39)19-23-50/h1-4,6-17,24,30,38-39,42,46,51-52H,5,18-23,25-28H2,(H,47,54)(H,48,53)(H,49,56). The van der Waals surface area contributed by atoms with Crippen molar-refractivity contribution < 1.29 is 38.8 Å². The van der Waals surface area contributed by atoms with Gasteiger partial charge in [0.25, 0.3) is 5.91 Å². The molecule has 14 heteroatoms. The molecule has 4 heterocycles. The van der Waals surface area contributed by atoms with Crippen molar-refractivity contribution in [3.05, 3.63) is 141 Å². The molecule has 308 valence electrons. The number of piperidine rings is 3. The largest absolute Gasteiger partial charge is 0.506 e. The van der Waals surface area contributed by atoms with E-state index in [2.05, 4.69) is 25.8 Å². The van der Waals surface area contributed by atoms with E-state index < -0.39 is 36.7 Å². The van der Waals surface area contributed by atoms with Crippen LogP contribution in [-0.4, -0.2) is 90.0 Å². The lowest BCUT2D eigenvalue weighted by Crippen LogP contribution is -2.52. The van der Waals surface area contributed by atoms with E-state index in [9.17, 15) is 29.4 Å². The number of aromatic amines is 1. The Balaban J connectivity index is 0.823. The topological polar surface area (TPSA) is 192 Å². The normalized spacial score (nSPS) is 18.1. The second-order valence-electron chi connectivity index (χ2n) is 14.9. The van der Waals surface area contributed by atoms with Crippen LogP contribution in [0.4, 0.5) is 4.79 Å². The molecule has 2 amide bonds. The molecule has 0 saturated carbocycles. The van der Waals surface area contributed by atoms with Crippen molar-refractivity contribution in [2.24, 2.45) is 5.92 Å². The summed E-state index contributed by atoms with van der Waals surface area (Å²) < 4.78 is 17.3. The summed E-state index contributed by atoms with van der Waals surface area (Å²) in [5, 5.41) is 30.2. The fraction of sp³-hybridized carbons (Fsp3) is 0.333. The van der Waals surface area contributed by atoms with E-state index in [0.29, 0.717) is 47.7 Å². The van der Waals surface area contributed by atoms with Crippen LogP contribution >= 0.6 is 0 Å². The third kappa shape index (κ3) is 10.8. The third-order valence-corrected chi connectivity index (χ3v) is 10.8. The van der Waals surface area contributed by atoms with E-state index >= 15 is 0 Å². The molecule has 0 spiro atoms. The molecule has 3 aliphatic rings. The van der Waals surface area contributed by atoms with Crippen LogP contribution in [0, 0.1) is 5.92 Å². The summed E-state index contributed by atoms with van der Waals surface area (Å²) in [5.41, 5.74) is 3.34. The average Bonchev–Trinajstić information content (AvgIpc) is 3.26. The van der Waals surface area contributed by atoms with Gasteiger partial charge in [-0.3, -0.25) is 14.5 Å². The lowest BCUT2D eigenvalue weighted by Gasteiger charge is -2.43.